The molecule has 0 spiro atoms. The minimum atomic E-state index is 0.221. The Balaban J connectivity index is 1.93. The molecule has 0 bridgehead atoms. The largest absolute Gasteiger partial charge is 0.238 e. The standard InChI is InChI=1S/C14H13N3/c1-3-7-12(8-4-1)14-11-15-16-17(14)13-9-5-2-6-10-13/h1-10,14H,11H2/t14-/m1/s1. The molecule has 2 aromatic rings. The van der Waals surface area contributed by atoms with E-state index in [1.165, 1.54) is 5.56 Å². The number of hydrogen-bond acceptors (Lipinski definition) is 3. The number of anilines is 1. The molecule has 0 amide bonds. The Labute approximate surface area is 100 Å². The molecule has 1 aliphatic rings. The molecule has 0 aliphatic carbocycles. The van der Waals surface area contributed by atoms with Gasteiger partial charge in [-0.25, -0.2) is 5.01 Å². The van der Waals surface area contributed by atoms with Gasteiger partial charge in [0.15, 0.2) is 0 Å². The number of para-hydroxylation sites is 1. The minimum absolute atomic E-state index is 0.221. The molecule has 1 atom stereocenters. The van der Waals surface area contributed by atoms with Crippen LogP contribution in [0.2, 0.25) is 0 Å². The zero-order valence-electron chi connectivity index (χ0n) is 9.40. The highest BCUT2D eigenvalue weighted by atomic mass is 15.6. The molecule has 2 aromatic carbocycles. The van der Waals surface area contributed by atoms with Crippen LogP contribution in [0.25, 0.3) is 0 Å². The van der Waals surface area contributed by atoms with Gasteiger partial charge in [0.25, 0.3) is 0 Å². The lowest BCUT2D eigenvalue weighted by atomic mass is 10.1. The molecule has 1 aliphatic heterocycles. The molecule has 0 unspecified atom stereocenters. The fourth-order valence-corrected chi connectivity index (χ4v) is 2.06. The van der Waals surface area contributed by atoms with Gasteiger partial charge in [-0.3, -0.25) is 0 Å². The third-order valence-corrected chi connectivity index (χ3v) is 2.91. The fourth-order valence-electron chi connectivity index (χ4n) is 2.06. The van der Waals surface area contributed by atoms with Gasteiger partial charge in [-0.1, -0.05) is 53.8 Å². The van der Waals surface area contributed by atoms with E-state index in [2.05, 4.69) is 46.7 Å². The van der Waals surface area contributed by atoms with E-state index in [9.17, 15) is 0 Å². The summed E-state index contributed by atoms with van der Waals surface area (Å²) in [6.45, 7) is 0.721. The molecule has 0 saturated carbocycles. The lowest BCUT2D eigenvalue weighted by Gasteiger charge is -2.21. The first-order valence-electron chi connectivity index (χ1n) is 5.72. The van der Waals surface area contributed by atoms with Gasteiger partial charge in [-0.15, -0.1) is 0 Å². The number of hydrogen-bond donors (Lipinski definition) is 0. The van der Waals surface area contributed by atoms with Crippen LogP contribution in [0, 0.1) is 0 Å². The molecule has 3 rings (SSSR count). The molecule has 0 fully saturated rings. The summed E-state index contributed by atoms with van der Waals surface area (Å²) < 4.78 is 0. The summed E-state index contributed by atoms with van der Waals surface area (Å²) in [5, 5.41) is 10.4. The highest BCUT2D eigenvalue weighted by Gasteiger charge is 2.24. The second-order valence-corrected chi connectivity index (χ2v) is 4.02. The van der Waals surface area contributed by atoms with Crippen molar-refractivity contribution in [3.63, 3.8) is 0 Å². The summed E-state index contributed by atoms with van der Waals surface area (Å²) in [4.78, 5) is 0. The second kappa shape index (κ2) is 4.37. The SMILES string of the molecule is c1ccc([C@H]2CN=NN2c2ccccc2)cc1. The van der Waals surface area contributed by atoms with Crippen LogP contribution in [0.15, 0.2) is 71.0 Å². The first-order valence-corrected chi connectivity index (χ1v) is 5.72. The topological polar surface area (TPSA) is 28.0 Å². The Morgan fingerprint density at radius 2 is 1.53 bits per heavy atom. The van der Waals surface area contributed by atoms with Gasteiger partial charge >= 0.3 is 0 Å². The van der Waals surface area contributed by atoms with Crippen LogP contribution in [0.4, 0.5) is 5.69 Å². The zero-order valence-corrected chi connectivity index (χ0v) is 9.40. The Hall–Kier alpha value is -2.16. The van der Waals surface area contributed by atoms with Crippen molar-refractivity contribution in [1.82, 2.24) is 0 Å². The van der Waals surface area contributed by atoms with Gasteiger partial charge in [0, 0.05) is 0 Å². The van der Waals surface area contributed by atoms with Crippen LogP contribution < -0.4 is 5.01 Å². The van der Waals surface area contributed by atoms with Crippen molar-refractivity contribution in [2.75, 3.05) is 11.6 Å². The summed E-state index contributed by atoms with van der Waals surface area (Å²) in [6, 6.07) is 20.8. The van der Waals surface area contributed by atoms with Gasteiger partial charge in [0.05, 0.1) is 12.2 Å². The minimum Gasteiger partial charge on any atom is -0.238 e. The molecule has 3 heteroatoms. The van der Waals surface area contributed by atoms with Crippen LogP contribution in [-0.2, 0) is 0 Å². The second-order valence-electron chi connectivity index (χ2n) is 4.02. The van der Waals surface area contributed by atoms with E-state index in [1.807, 2.05) is 29.3 Å². The van der Waals surface area contributed by atoms with Crippen LogP contribution in [0.5, 0.6) is 0 Å². The predicted molar refractivity (Wildman–Crippen MR) is 67.8 cm³/mol. The Kier molecular flexibility index (Phi) is 2.58. The zero-order chi connectivity index (χ0) is 11.5. The highest BCUT2D eigenvalue weighted by molar-refractivity contribution is 5.48. The van der Waals surface area contributed by atoms with Crippen LogP contribution in [-0.4, -0.2) is 6.54 Å². The van der Waals surface area contributed by atoms with E-state index in [1.54, 1.807) is 0 Å². The van der Waals surface area contributed by atoms with Crippen molar-refractivity contribution in [2.45, 2.75) is 6.04 Å². The third-order valence-electron chi connectivity index (χ3n) is 2.91. The molecule has 0 aromatic heterocycles. The molecule has 84 valence electrons. The van der Waals surface area contributed by atoms with Crippen molar-refractivity contribution in [3.05, 3.63) is 66.2 Å². The Morgan fingerprint density at radius 3 is 2.24 bits per heavy atom. The van der Waals surface area contributed by atoms with Crippen molar-refractivity contribution in [2.24, 2.45) is 10.3 Å². The summed E-state index contributed by atoms with van der Waals surface area (Å²) in [5.74, 6) is 0. The van der Waals surface area contributed by atoms with Gasteiger partial charge in [-0.2, -0.15) is 5.11 Å². The van der Waals surface area contributed by atoms with E-state index >= 15 is 0 Å². The van der Waals surface area contributed by atoms with Gasteiger partial charge in [0.2, 0.25) is 0 Å². The van der Waals surface area contributed by atoms with E-state index in [-0.39, 0.29) is 6.04 Å². The summed E-state index contributed by atoms with van der Waals surface area (Å²) in [7, 11) is 0. The lowest BCUT2D eigenvalue weighted by molar-refractivity contribution is 0.732. The Bertz CT molecular complexity index is 508. The predicted octanol–water partition coefficient (Wildman–Crippen LogP) is 3.62. The normalized spacial score (nSPS) is 18.6. The third kappa shape index (κ3) is 1.91. The number of nitrogens with zero attached hydrogens (tertiary/aromatic N) is 3. The molecule has 1 heterocycles. The Morgan fingerprint density at radius 1 is 0.882 bits per heavy atom. The van der Waals surface area contributed by atoms with Crippen LogP contribution in [0.1, 0.15) is 11.6 Å². The molecular formula is C14H13N3. The highest BCUT2D eigenvalue weighted by Crippen LogP contribution is 2.31. The lowest BCUT2D eigenvalue weighted by Crippen LogP contribution is -2.20. The number of rotatable bonds is 2. The fraction of sp³-hybridized carbons (Fsp3) is 0.143. The van der Waals surface area contributed by atoms with Crippen LogP contribution in [0.3, 0.4) is 0 Å². The number of benzene rings is 2. The monoisotopic (exact) mass is 223 g/mol. The van der Waals surface area contributed by atoms with E-state index in [0.717, 1.165) is 12.2 Å². The van der Waals surface area contributed by atoms with E-state index < -0.39 is 0 Å². The van der Waals surface area contributed by atoms with E-state index in [4.69, 9.17) is 0 Å². The van der Waals surface area contributed by atoms with Crippen molar-refractivity contribution < 1.29 is 0 Å². The van der Waals surface area contributed by atoms with Crippen molar-refractivity contribution in [3.8, 4) is 0 Å². The molecule has 0 radical (unpaired) electrons. The molecule has 17 heavy (non-hydrogen) atoms. The summed E-state index contributed by atoms with van der Waals surface area (Å²) >= 11 is 0. The molecule has 0 N–H and O–H groups in total. The smallest absolute Gasteiger partial charge is 0.101 e. The average molecular weight is 223 g/mol. The van der Waals surface area contributed by atoms with Gasteiger partial charge in [-0.05, 0) is 17.7 Å². The van der Waals surface area contributed by atoms with Gasteiger partial charge in [0.1, 0.15) is 6.04 Å². The van der Waals surface area contributed by atoms with Crippen molar-refractivity contribution in [1.29, 1.82) is 0 Å². The summed E-state index contributed by atoms with van der Waals surface area (Å²) in [5.41, 5.74) is 2.34. The quantitative estimate of drug-likeness (QED) is 0.764. The first-order chi connectivity index (χ1) is 8.45. The van der Waals surface area contributed by atoms with Crippen molar-refractivity contribution >= 4 is 5.69 Å². The maximum Gasteiger partial charge on any atom is 0.101 e. The molecule has 3 nitrogen and oxygen atoms in total. The molecule has 0 saturated heterocycles. The average Bonchev–Trinajstić information content (AvgIpc) is 2.90. The van der Waals surface area contributed by atoms with Crippen LogP contribution >= 0.6 is 0 Å². The first kappa shape index (κ1) is 10.0. The summed E-state index contributed by atoms with van der Waals surface area (Å²) in [6.07, 6.45) is 0. The maximum atomic E-state index is 4.22. The maximum absolute atomic E-state index is 4.22. The molecular weight excluding hydrogens is 210 g/mol. The van der Waals surface area contributed by atoms with E-state index in [0.29, 0.717) is 0 Å². The van der Waals surface area contributed by atoms with Gasteiger partial charge < -0.3 is 0 Å².